The summed E-state index contributed by atoms with van der Waals surface area (Å²) >= 11 is 0. The van der Waals surface area contributed by atoms with Gasteiger partial charge in [-0.25, -0.2) is 4.39 Å². The minimum absolute atomic E-state index is 0.125. The van der Waals surface area contributed by atoms with Gasteiger partial charge in [-0.05, 0) is 49.3 Å². The van der Waals surface area contributed by atoms with Crippen molar-refractivity contribution in [3.8, 4) is 0 Å². The number of nitrogens with two attached hydrogens (primary N) is 1. The highest BCUT2D eigenvalue weighted by atomic mass is 19.1. The van der Waals surface area contributed by atoms with Gasteiger partial charge in [-0.3, -0.25) is 0 Å². The zero-order valence-corrected chi connectivity index (χ0v) is 10.1. The van der Waals surface area contributed by atoms with Crippen molar-refractivity contribution in [2.45, 2.75) is 31.7 Å². The van der Waals surface area contributed by atoms with Crippen molar-refractivity contribution in [1.29, 1.82) is 0 Å². The third-order valence-electron chi connectivity index (χ3n) is 3.36. The topological polar surface area (TPSA) is 35.2 Å². The Labute approximate surface area is 102 Å². The highest BCUT2D eigenvalue weighted by Gasteiger charge is 2.17. The number of ether oxygens (including phenoxy) is 1. The maximum absolute atomic E-state index is 13.0. The number of hydrogen-bond donors (Lipinski definition) is 1. The third kappa shape index (κ3) is 4.10. The van der Waals surface area contributed by atoms with Crippen LogP contribution in [0, 0.1) is 11.7 Å². The fraction of sp³-hybridized carbons (Fsp3) is 0.571. The van der Waals surface area contributed by atoms with Gasteiger partial charge in [0.2, 0.25) is 0 Å². The van der Waals surface area contributed by atoms with E-state index in [1.807, 2.05) is 6.07 Å². The molecule has 94 valence electrons. The summed E-state index contributed by atoms with van der Waals surface area (Å²) in [6.45, 7) is 1.72. The zero-order valence-electron chi connectivity index (χ0n) is 10.1. The highest BCUT2D eigenvalue weighted by molar-refractivity contribution is 5.17. The van der Waals surface area contributed by atoms with Crippen LogP contribution in [-0.2, 0) is 11.2 Å². The van der Waals surface area contributed by atoms with E-state index in [0.717, 1.165) is 44.5 Å². The molecule has 1 saturated heterocycles. The van der Waals surface area contributed by atoms with Crippen molar-refractivity contribution in [1.82, 2.24) is 0 Å². The van der Waals surface area contributed by atoms with Crippen LogP contribution in [-0.4, -0.2) is 19.3 Å². The first-order valence-corrected chi connectivity index (χ1v) is 6.32. The fourth-order valence-corrected chi connectivity index (χ4v) is 2.46. The van der Waals surface area contributed by atoms with Gasteiger partial charge in [0, 0.05) is 19.3 Å². The first-order chi connectivity index (χ1) is 8.24. The Balaban J connectivity index is 1.82. The molecule has 1 aromatic carbocycles. The standard InChI is InChI=1S/C14H20FNO/c15-13-3-1-2-12(8-13)10-14(16)9-11-4-6-17-7-5-11/h1-3,8,11,14H,4-7,9-10,16H2. The molecule has 0 radical (unpaired) electrons. The van der Waals surface area contributed by atoms with E-state index in [-0.39, 0.29) is 11.9 Å². The second-order valence-corrected chi connectivity index (χ2v) is 4.89. The van der Waals surface area contributed by atoms with Gasteiger partial charge in [0.25, 0.3) is 0 Å². The van der Waals surface area contributed by atoms with E-state index in [1.165, 1.54) is 6.07 Å². The molecule has 1 fully saturated rings. The number of hydrogen-bond acceptors (Lipinski definition) is 2. The van der Waals surface area contributed by atoms with Crippen LogP contribution in [0.15, 0.2) is 24.3 Å². The van der Waals surface area contributed by atoms with Crippen LogP contribution >= 0.6 is 0 Å². The van der Waals surface area contributed by atoms with Gasteiger partial charge in [0.1, 0.15) is 5.82 Å². The molecule has 0 aliphatic carbocycles. The molecule has 0 aromatic heterocycles. The molecule has 2 rings (SSSR count). The molecular weight excluding hydrogens is 217 g/mol. The average molecular weight is 237 g/mol. The van der Waals surface area contributed by atoms with Crippen LogP contribution < -0.4 is 5.73 Å². The minimum atomic E-state index is -0.180. The van der Waals surface area contributed by atoms with Gasteiger partial charge in [-0.1, -0.05) is 12.1 Å². The van der Waals surface area contributed by atoms with Crippen LogP contribution in [0.4, 0.5) is 4.39 Å². The summed E-state index contributed by atoms with van der Waals surface area (Å²) in [6, 6.07) is 6.84. The van der Waals surface area contributed by atoms with Gasteiger partial charge < -0.3 is 10.5 Å². The Morgan fingerprint density at radius 1 is 1.35 bits per heavy atom. The maximum atomic E-state index is 13.0. The Bertz CT molecular complexity index is 350. The van der Waals surface area contributed by atoms with E-state index in [0.29, 0.717) is 5.92 Å². The number of halogens is 1. The zero-order chi connectivity index (χ0) is 12.1. The SMILES string of the molecule is NC(Cc1cccc(F)c1)CC1CCOCC1. The smallest absolute Gasteiger partial charge is 0.123 e. The first kappa shape index (κ1) is 12.5. The van der Waals surface area contributed by atoms with E-state index in [2.05, 4.69) is 0 Å². The number of rotatable bonds is 4. The van der Waals surface area contributed by atoms with Gasteiger partial charge in [-0.15, -0.1) is 0 Å². The van der Waals surface area contributed by atoms with Gasteiger partial charge in [0.05, 0.1) is 0 Å². The van der Waals surface area contributed by atoms with Crippen molar-refractivity contribution in [2.24, 2.45) is 11.7 Å². The monoisotopic (exact) mass is 237 g/mol. The lowest BCUT2D eigenvalue weighted by Gasteiger charge is -2.24. The summed E-state index contributed by atoms with van der Waals surface area (Å²) in [5.41, 5.74) is 7.11. The predicted octanol–water partition coefficient (Wildman–Crippen LogP) is 2.51. The van der Waals surface area contributed by atoms with Crippen molar-refractivity contribution in [3.05, 3.63) is 35.6 Å². The molecule has 1 heterocycles. The van der Waals surface area contributed by atoms with Crippen LogP contribution in [0.1, 0.15) is 24.8 Å². The van der Waals surface area contributed by atoms with Gasteiger partial charge >= 0.3 is 0 Å². The van der Waals surface area contributed by atoms with Crippen LogP contribution in [0.25, 0.3) is 0 Å². The van der Waals surface area contributed by atoms with E-state index in [4.69, 9.17) is 10.5 Å². The molecular formula is C14H20FNO. The maximum Gasteiger partial charge on any atom is 0.123 e. The molecule has 1 aromatic rings. The van der Waals surface area contributed by atoms with E-state index < -0.39 is 0 Å². The number of benzene rings is 1. The molecule has 1 aliphatic rings. The Hall–Kier alpha value is -0.930. The molecule has 2 N–H and O–H groups in total. The van der Waals surface area contributed by atoms with Crippen molar-refractivity contribution >= 4 is 0 Å². The summed E-state index contributed by atoms with van der Waals surface area (Å²) in [5, 5.41) is 0. The van der Waals surface area contributed by atoms with Gasteiger partial charge in [0.15, 0.2) is 0 Å². The average Bonchev–Trinajstić information content (AvgIpc) is 2.30. The van der Waals surface area contributed by atoms with E-state index in [9.17, 15) is 4.39 Å². The normalized spacial score (nSPS) is 19.2. The molecule has 1 aliphatic heterocycles. The van der Waals surface area contributed by atoms with Crippen molar-refractivity contribution in [3.63, 3.8) is 0 Å². The molecule has 0 saturated carbocycles. The van der Waals surface area contributed by atoms with Crippen molar-refractivity contribution in [2.75, 3.05) is 13.2 Å². The lowest BCUT2D eigenvalue weighted by atomic mass is 9.90. The largest absolute Gasteiger partial charge is 0.381 e. The Morgan fingerprint density at radius 2 is 2.12 bits per heavy atom. The molecule has 0 amide bonds. The fourth-order valence-electron chi connectivity index (χ4n) is 2.46. The second kappa shape index (κ2) is 6.12. The van der Waals surface area contributed by atoms with Crippen molar-refractivity contribution < 1.29 is 9.13 Å². The quantitative estimate of drug-likeness (QED) is 0.873. The second-order valence-electron chi connectivity index (χ2n) is 4.89. The molecule has 3 heteroatoms. The molecule has 1 atom stereocenters. The summed E-state index contributed by atoms with van der Waals surface area (Å²) in [4.78, 5) is 0. The van der Waals surface area contributed by atoms with E-state index >= 15 is 0 Å². The predicted molar refractivity (Wildman–Crippen MR) is 66.2 cm³/mol. The molecule has 1 unspecified atom stereocenters. The minimum Gasteiger partial charge on any atom is -0.381 e. The molecule has 0 spiro atoms. The summed E-state index contributed by atoms with van der Waals surface area (Å²) in [5.74, 6) is 0.494. The molecule has 17 heavy (non-hydrogen) atoms. The van der Waals surface area contributed by atoms with Gasteiger partial charge in [-0.2, -0.15) is 0 Å². The lowest BCUT2D eigenvalue weighted by Crippen LogP contribution is -2.28. The summed E-state index contributed by atoms with van der Waals surface area (Å²) in [6.07, 6.45) is 3.99. The highest BCUT2D eigenvalue weighted by Crippen LogP contribution is 2.20. The van der Waals surface area contributed by atoms with E-state index in [1.54, 1.807) is 12.1 Å². The summed E-state index contributed by atoms with van der Waals surface area (Å²) in [7, 11) is 0. The first-order valence-electron chi connectivity index (χ1n) is 6.32. The van der Waals surface area contributed by atoms with Crippen LogP contribution in [0.3, 0.4) is 0 Å². The Kier molecular flexibility index (Phi) is 4.51. The van der Waals surface area contributed by atoms with Crippen LogP contribution in [0.2, 0.25) is 0 Å². The molecule has 2 nitrogen and oxygen atoms in total. The Morgan fingerprint density at radius 3 is 2.82 bits per heavy atom. The van der Waals surface area contributed by atoms with Crippen LogP contribution in [0.5, 0.6) is 0 Å². The summed E-state index contributed by atoms with van der Waals surface area (Å²) < 4.78 is 18.3. The molecule has 0 bridgehead atoms. The third-order valence-corrected chi connectivity index (χ3v) is 3.36. The lowest BCUT2D eigenvalue weighted by molar-refractivity contribution is 0.0619.